The Bertz CT molecular complexity index is 351. The Kier molecular flexibility index (Phi) is 16.1. The summed E-state index contributed by atoms with van der Waals surface area (Å²) in [5.41, 5.74) is 0. The maximum absolute atomic E-state index is 11.3. The van der Waals surface area contributed by atoms with E-state index < -0.39 is 0 Å². The molecule has 0 aliphatic rings. The fourth-order valence-corrected chi connectivity index (χ4v) is 2.21. The number of hydrogen-bond acceptors (Lipinski definition) is 2. The molecule has 0 aromatic heterocycles. The van der Waals surface area contributed by atoms with Crippen LogP contribution in [0.25, 0.3) is 0 Å². The van der Waals surface area contributed by atoms with Crippen molar-refractivity contribution in [2.75, 3.05) is 0 Å². The molecule has 0 heterocycles. The Morgan fingerprint density at radius 3 is 2.04 bits per heavy atom. The number of allylic oxidation sites excluding steroid dienone is 6. The Hall–Kier alpha value is -1.31. The summed E-state index contributed by atoms with van der Waals surface area (Å²) in [6.07, 6.45) is 24.2. The molecular formula is C21H36O2. The first-order chi connectivity index (χ1) is 11.2. The second-order valence-corrected chi connectivity index (χ2v) is 6.14. The van der Waals surface area contributed by atoms with E-state index in [2.05, 4.69) is 43.4 Å². The van der Waals surface area contributed by atoms with Gasteiger partial charge in [-0.2, -0.15) is 0 Å². The Balaban J connectivity index is 3.31. The normalized spacial score (nSPS) is 12.2. The highest BCUT2D eigenvalue weighted by Gasteiger charge is 2.04. The van der Waals surface area contributed by atoms with Gasteiger partial charge in [-0.15, -0.1) is 0 Å². The van der Waals surface area contributed by atoms with E-state index in [9.17, 15) is 4.79 Å². The van der Waals surface area contributed by atoms with Gasteiger partial charge in [-0.25, -0.2) is 0 Å². The third-order valence-corrected chi connectivity index (χ3v) is 3.40. The van der Waals surface area contributed by atoms with E-state index >= 15 is 0 Å². The number of carbonyl (C=O) groups is 1. The summed E-state index contributed by atoms with van der Waals surface area (Å²) in [6.45, 7) is 5.94. The van der Waals surface area contributed by atoms with Crippen LogP contribution in [0.4, 0.5) is 0 Å². The van der Waals surface area contributed by atoms with Crippen LogP contribution in [-0.4, -0.2) is 12.1 Å². The zero-order valence-corrected chi connectivity index (χ0v) is 15.4. The van der Waals surface area contributed by atoms with Crippen molar-refractivity contribution in [3.05, 3.63) is 36.5 Å². The van der Waals surface area contributed by atoms with Crippen molar-refractivity contribution >= 4 is 5.97 Å². The molecule has 0 spiro atoms. The molecule has 0 aliphatic carbocycles. The summed E-state index contributed by atoms with van der Waals surface area (Å²) in [5.74, 6) is -0.0545. The molecule has 132 valence electrons. The SMILES string of the molecule is CCC=CCC=CCC=CCCCCCCCC(=O)OC(C)C. The molecule has 0 aromatic carbocycles. The fourth-order valence-electron chi connectivity index (χ4n) is 2.21. The molecule has 0 aromatic rings. The first-order valence-electron chi connectivity index (χ1n) is 9.31. The largest absolute Gasteiger partial charge is 0.463 e. The molecule has 2 nitrogen and oxygen atoms in total. The van der Waals surface area contributed by atoms with Gasteiger partial charge in [-0.05, 0) is 52.4 Å². The molecule has 0 saturated heterocycles. The smallest absolute Gasteiger partial charge is 0.306 e. The zero-order chi connectivity index (χ0) is 17.2. The van der Waals surface area contributed by atoms with Crippen molar-refractivity contribution in [2.24, 2.45) is 0 Å². The van der Waals surface area contributed by atoms with Gasteiger partial charge in [0.2, 0.25) is 0 Å². The summed E-state index contributed by atoms with van der Waals surface area (Å²) in [6, 6.07) is 0. The van der Waals surface area contributed by atoms with E-state index in [1.54, 1.807) is 0 Å². The lowest BCUT2D eigenvalue weighted by atomic mass is 10.1. The Morgan fingerprint density at radius 2 is 1.39 bits per heavy atom. The van der Waals surface area contributed by atoms with Crippen LogP contribution in [0.1, 0.15) is 85.0 Å². The van der Waals surface area contributed by atoms with Gasteiger partial charge in [-0.3, -0.25) is 4.79 Å². The van der Waals surface area contributed by atoms with Crippen LogP contribution >= 0.6 is 0 Å². The van der Waals surface area contributed by atoms with Gasteiger partial charge in [0.1, 0.15) is 0 Å². The molecule has 0 N–H and O–H groups in total. The van der Waals surface area contributed by atoms with Crippen molar-refractivity contribution in [2.45, 2.75) is 91.1 Å². The third kappa shape index (κ3) is 18.6. The van der Waals surface area contributed by atoms with Crippen LogP contribution < -0.4 is 0 Å². The average molecular weight is 321 g/mol. The molecule has 0 saturated carbocycles. The molecule has 0 fully saturated rings. The Morgan fingerprint density at radius 1 is 0.826 bits per heavy atom. The minimum absolute atomic E-state index is 0.0111. The molecule has 0 bridgehead atoms. The van der Waals surface area contributed by atoms with Crippen LogP contribution in [0.5, 0.6) is 0 Å². The molecule has 0 atom stereocenters. The highest BCUT2D eigenvalue weighted by Crippen LogP contribution is 2.09. The Labute approximate surface area is 143 Å². The second kappa shape index (κ2) is 17.1. The average Bonchev–Trinajstić information content (AvgIpc) is 2.50. The van der Waals surface area contributed by atoms with E-state index in [0.717, 1.165) is 32.1 Å². The predicted molar refractivity (Wildman–Crippen MR) is 100 cm³/mol. The standard InChI is InChI=1S/C21H36O2/c1-4-5-6-7-8-9-10-11-12-13-14-15-16-17-18-19-21(22)23-20(2)3/h5-6,8-9,11-12,20H,4,7,10,13-19H2,1-3H3. The van der Waals surface area contributed by atoms with Crippen molar-refractivity contribution in [3.63, 3.8) is 0 Å². The van der Waals surface area contributed by atoms with Gasteiger partial charge in [0.15, 0.2) is 0 Å². The minimum Gasteiger partial charge on any atom is -0.463 e. The molecule has 0 radical (unpaired) electrons. The number of ether oxygens (including phenoxy) is 1. The highest BCUT2D eigenvalue weighted by atomic mass is 16.5. The lowest BCUT2D eigenvalue weighted by molar-refractivity contribution is -0.147. The maximum Gasteiger partial charge on any atom is 0.306 e. The van der Waals surface area contributed by atoms with Crippen LogP contribution in [0.2, 0.25) is 0 Å². The monoisotopic (exact) mass is 320 g/mol. The van der Waals surface area contributed by atoms with Crippen molar-refractivity contribution in [3.8, 4) is 0 Å². The molecule has 0 rings (SSSR count). The topological polar surface area (TPSA) is 26.3 Å². The predicted octanol–water partition coefficient (Wildman–Crippen LogP) is 6.53. The molecule has 2 heteroatoms. The van der Waals surface area contributed by atoms with Crippen LogP contribution in [0.15, 0.2) is 36.5 Å². The van der Waals surface area contributed by atoms with Crippen LogP contribution in [0.3, 0.4) is 0 Å². The van der Waals surface area contributed by atoms with Gasteiger partial charge in [0.25, 0.3) is 0 Å². The number of hydrogen-bond donors (Lipinski definition) is 0. The van der Waals surface area contributed by atoms with Crippen molar-refractivity contribution in [1.82, 2.24) is 0 Å². The van der Waals surface area contributed by atoms with E-state index in [4.69, 9.17) is 4.74 Å². The number of esters is 1. The highest BCUT2D eigenvalue weighted by molar-refractivity contribution is 5.69. The number of rotatable bonds is 14. The summed E-state index contributed by atoms with van der Waals surface area (Å²) >= 11 is 0. The fraction of sp³-hybridized carbons (Fsp3) is 0.667. The van der Waals surface area contributed by atoms with E-state index in [0.29, 0.717) is 6.42 Å². The molecule has 23 heavy (non-hydrogen) atoms. The minimum atomic E-state index is -0.0545. The summed E-state index contributed by atoms with van der Waals surface area (Å²) in [5, 5.41) is 0. The lowest BCUT2D eigenvalue weighted by Crippen LogP contribution is -2.10. The number of carbonyl (C=O) groups excluding carboxylic acids is 1. The quantitative estimate of drug-likeness (QED) is 0.207. The van der Waals surface area contributed by atoms with Crippen molar-refractivity contribution < 1.29 is 9.53 Å². The van der Waals surface area contributed by atoms with Gasteiger partial charge < -0.3 is 4.74 Å². The first-order valence-corrected chi connectivity index (χ1v) is 9.31. The van der Waals surface area contributed by atoms with E-state index in [1.807, 2.05) is 13.8 Å². The zero-order valence-electron chi connectivity index (χ0n) is 15.4. The third-order valence-electron chi connectivity index (χ3n) is 3.40. The summed E-state index contributed by atoms with van der Waals surface area (Å²) < 4.78 is 5.11. The van der Waals surface area contributed by atoms with Gasteiger partial charge in [0.05, 0.1) is 6.10 Å². The summed E-state index contributed by atoms with van der Waals surface area (Å²) in [4.78, 5) is 11.3. The van der Waals surface area contributed by atoms with Crippen LogP contribution in [-0.2, 0) is 9.53 Å². The molecule has 0 amide bonds. The molecular weight excluding hydrogens is 284 g/mol. The van der Waals surface area contributed by atoms with Crippen LogP contribution in [0, 0.1) is 0 Å². The maximum atomic E-state index is 11.3. The molecule has 0 unspecified atom stereocenters. The van der Waals surface area contributed by atoms with Crippen molar-refractivity contribution in [1.29, 1.82) is 0 Å². The second-order valence-electron chi connectivity index (χ2n) is 6.14. The van der Waals surface area contributed by atoms with Gasteiger partial charge >= 0.3 is 5.97 Å². The first kappa shape index (κ1) is 21.7. The lowest BCUT2D eigenvalue weighted by Gasteiger charge is -2.07. The molecule has 0 aliphatic heterocycles. The van der Waals surface area contributed by atoms with Gasteiger partial charge in [0, 0.05) is 6.42 Å². The van der Waals surface area contributed by atoms with E-state index in [-0.39, 0.29) is 12.1 Å². The number of unbranched alkanes of at least 4 members (excludes halogenated alkanes) is 5. The summed E-state index contributed by atoms with van der Waals surface area (Å²) in [7, 11) is 0. The van der Waals surface area contributed by atoms with E-state index in [1.165, 1.54) is 25.7 Å². The van der Waals surface area contributed by atoms with Gasteiger partial charge in [-0.1, -0.05) is 62.6 Å².